The fourth-order valence-electron chi connectivity index (χ4n) is 7.33. The first-order chi connectivity index (χ1) is 21.1. The van der Waals surface area contributed by atoms with Gasteiger partial charge in [0.2, 0.25) is 0 Å². The van der Waals surface area contributed by atoms with Crippen molar-refractivity contribution in [2.24, 2.45) is 0 Å². The lowest BCUT2D eigenvalue weighted by molar-refractivity contribution is 1.10. The molecule has 0 N–H and O–H groups in total. The molecule has 1 aliphatic rings. The molecule has 8 aromatic rings. The van der Waals surface area contributed by atoms with Crippen molar-refractivity contribution >= 4 is 51.3 Å². The van der Waals surface area contributed by atoms with Crippen LogP contribution in [0.4, 0.5) is 0 Å². The van der Waals surface area contributed by atoms with Crippen LogP contribution in [0.5, 0.6) is 0 Å². The zero-order valence-electron chi connectivity index (χ0n) is 24.1. The molecule has 0 aliphatic carbocycles. The number of rotatable bonds is 3. The van der Waals surface area contributed by atoms with E-state index in [1.165, 1.54) is 43.3 Å². The van der Waals surface area contributed by atoms with Crippen molar-refractivity contribution in [1.82, 2.24) is 14.1 Å². The van der Waals surface area contributed by atoms with Crippen molar-refractivity contribution in [2.75, 3.05) is 0 Å². The molecule has 0 bridgehead atoms. The van der Waals surface area contributed by atoms with E-state index >= 15 is 0 Å². The Bertz CT molecular complexity index is 2360. The lowest BCUT2D eigenvalue weighted by Crippen LogP contribution is -2.49. The normalized spacial score (nSPS) is 13.5. The zero-order chi connectivity index (χ0) is 28.7. The van der Waals surface area contributed by atoms with E-state index in [0.29, 0.717) is 0 Å². The number of hydrogen-bond acceptors (Lipinski definition) is 1. The minimum Gasteiger partial charge on any atom is -0.309 e. The van der Waals surface area contributed by atoms with E-state index in [2.05, 4.69) is 162 Å². The maximum atomic E-state index is 5.10. The summed E-state index contributed by atoms with van der Waals surface area (Å²) in [6.07, 6.45) is 0. The molecule has 0 atom stereocenters. The van der Waals surface area contributed by atoms with Gasteiger partial charge in [-0.3, -0.25) is 4.57 Å². The molecule has 0 saturated heterocycles. The van der Waals surface area contributed by atoms with Crippen LogP contribution in [0.15, 0.2) is 140 Å². The van der Waals surface area contributed by atoms with Crippen LogP contribution in [0, 0.1) is 0 Å². The highest BCUT2D eigenvalue weighted by atomic mass is 28.3. The highest BCUT2D eigenvalue weighted by Crippen LogP contribution is 2.41. The number of benzene rings is 6. The smallest absolute Gasteiger partial charge is 0.145 e. The van der Waals surface area contributed by atoms with Crippen LogP contribution in [0.1, 0.15) is 0 Å². The fourth-order valence-corrected chi connectivity index (χ4v) is 10.4. The first-order valence-electron chi connectivity index (χ1n) is 14.9. The third kappa shape index (κ3) is 3.38. The average molecular weight is 568 g/mol. The largest absolute Gasteiger partial charge is 0.309 e. The molecule has 0 fully saturated rings. The van der Waals surface area contributed by atoms with Crippen molar-refractivity contribution in [3.8, 4) is 33.9 Å². The molecular weight excluding hydrogens is 539 g/mol. The molecule has 4 heteroatoms. The molecule has 1 aliphatic heterocycles. The fraction of sp³-hybridized carbons (Fsp3) is 0.0513. The van der Waals surface area contributed by atoms with Crippen molar-refractivity contribution in [3.05, 3.63) is 140 Å². The Kier molecular flexibility index (Phi) is 5.05. The molecule has 43 heavy (non-hydrogen) atoms. The maximum Gasteiger partial charge on any atom is 0.145 e. The molecule has 9 rings (SSSR count). The van der Waals surface area contributed by atoms with Crippen LogP contribution in [0.25, 0.3) is 66.7 Å². The number of para-hydroxylation sites is 4. The molecule has 0 spiro atoms. The van der Waals surface area contributed by atoms with Gasteiger partial charge in [0, 0.05) is 33.3 Å². The molecule has 3 nitrogen and oxygen atoms in total. The van der Waals surface area contributed by atoms with Gasteiger partial charge in [0.15, 0.2) is 0 Å². The zero-order valence-corrected chi connectivity index (χ0v) is 25.1. The first-order valence-corrected chi connectivity index (χ1v) is 17.9. The molecule has 0 amide bonds. The Labute approximate surface area is 251 Å². The minimum absolute atomic E-state index is 0.948. The van der Waals surface area contributed by atoms with Crippen LogP contribution in [0.2, 0.25) is 13.1 Å². The van der Waals surface area contributed by atoms with Gasteiger partial charge in [-0.25, -0.2) is 4.98 Å². The lowest BCUT2D eigenvalue weighted by atomic mass is 10.0. The number of aromatic nitrogens is 3. The number of hydrogen-bond donors (Lipinski definition) is 0. The van der Waals surface area contributed by atoms with Gasteiger partial charge < -0.3 is 4.57 Å². The van der Waals surface area contributed by atoms with Crippen LogP contribution in [-0.4, -0.2) is 22.2 Å². The third-order valence-electron chi connectivity index (χ3n) is 9.34. The Balaban J connectivity index is 1.29. The Morgan fingerprint density at radius 3 is 2.02 bits per heavy atom. The second kappa shape index (κ2) is 8.90. The molecule has 0 saturated carbocycles. The summed E-state index contributed by atoms with van der Waals surface area (Å²) < 4.78 is 4.75. The van der Waals surface area contributed by atoms with Gasteiger partial charge in [0.1, 0.15) is 13.9 Å². The molecular formula is C39H29N3Si. The molecule has 0 radical (unpaired) electrons. The van der Waals surface area contributed by atoms with Crippen LogP contribution >= 0.6 is 0 Å². The van der Waals surface area contributed by atoms with E-state index in [4.69, 9.17) is 4.98 Å². The van der Waals surface area contributed by atoms with Crippen molar-refractivity contribution in [1.29, 1.82) is 0 Å². The first kappa shape index (κ1) is 24.4. The van der Waals surface area contributed by atoms with E-state index in [1.807, 2.05) is 0 Å². The number of fused-ring (bicyclic) bond motifs is 8. The van der Waals surface area contributed by atoms with Gasteiger partial charge >= 0.3 is 0 Å². The summed E-state index contributed by atoms with van der Waals surface area (Å²) in [7, 11) is -1.80. The summed E-state index contributed by atoms with van der Waals surface area (Å²) in [6.45, 7) is 4.98. The minimum atomic E-state index is -1.80. The van der Waals surface area contributed by atoms with E-state index in [-0.39, 0.29) is 0 Å². The second-order valence-corrected chi connectivity index (χ2v) is 16.4. The molecule has 204 valence electrons. The van der Waals surface area contributed by atoms with E-state index in [9.17, 15) is 0 Å². The van der Waals surface area contributed by atoms with Crippen LogP contribution in [0.3, 0.4) is 0 Å². The van der Waals surface area contributed by atoms with E-state index in [1.54, 1.807) is 0 Å². The Morgan fingerprint density at radius 2 is 1.19 bits per heavy atom. The summed E-state index contributed by atoms with van der Waals surface area (Å²) in [5.41, 5.74) is 10.8. The van der Waals surface area contributed by atoms with Gasteiger partial charge in [-0.15, -0.1) is 0 Å². The van der Waals surface area contributed by atoms with Crippen LogP contribution in [-0.2, 0) is 0 Å². The predicted octanol–water partition coefficient (Wildman–Crippen LogP) is 8.59. The Morgan fingerprint density at radius 1 is 0.512 bits per heavy atom. The topological polar surface area (TPSA) is 22.8 Å². The van der Waals surface area contributed by atoms with Crippen molar-refractivity contribution in [2.45, 2.75) is 13.1 Å². The van der Waals surface area contributed by atoms with Crippen LogP contribution < -0.4 is 10.4 Å². The summed E-state index contributed by atoms with van der Waals surface area (Å²) in [5, 5.41) is 5.66. The summed E-state index contributed by atoms with van der Waals surface area (Å²) in [4.78, 5) is 5.10. The van der Waals surface area contributed by atoms with Gasteiger partial charge in [0.05, 0.1) is 22.1 Å². The standard InChI is InChI=1S/C39H29N3Si/c1-43(2)35-19-11-7-15-31(35)37-36(43)25-24-30-29-14-6-9-17-33(29)41(38(30)37)28-22-20-26(21-23-28)39-40-32-16-8-10-18-34(32)42(39)27-12-4-3-5-13-27/h3-25H,1-2H3. The second-order valence-electron chi connectivity index (χ2n) is 12.0. The number of nitrogens with zero attached hydrogens (tertiary/aromatic N) is 3. The van der Waals surface area contributed by atoms with Crippen molar-refractivity contribution < 1.29 is 0 Å². The van der Waals surface area contributed by atoms with E-state index in [0.717, 1.165) is 33.8 Å². The predicted molar refractivity (Wildman–Crippen MR) is 183 cm³/mol. The highest BCUT2D eigenvalue weighted by Gasteiger charge is 2.39. The highest BCUT2D eigenvalue weighted by molar-refractivity contribution is 7.04. The SMILES string of the molecule is C[Si]1(C)c2ccccc2-c2c1ccc1c3ccccc3n(-c3ccc(-c4nc5ccccc5n4-c4ccccc4)cc3)c21. The van der Waals surface area contributed by atoms with Crippen molar-refractivity contribution in [3.63, 3.8) is 0 Å². The van der Waals surface area contributed by atoms with E-state index < -0.39 is 8.07 Å². The third-order valence-corrected chi connectivity index (χ3v) is 12.9. The van der Waals surface area contributed by atoms with Gasteiger partial charge in [-0.2, -0.15) is 0 Å². The Hall–Kier alpha value is -5.19. The van der Waals surface area contributed by atoms with Gasteiger partial charge in [-0.1, -0.05) is 98.0 Å². The monoisotopic (exact) mass is 567 g/mol. The molecule has 2 aromatic heterocycles. The number of imidazole rings is 1. The lowest BCUT2D eigenvalue weighted by Gasteiger charge is -2.18. The maximum absolute atomic E-state index is 5.10. The summed E-state index contributed by atoms with van der Waals surface area (Å²) >= 11 is 0. The molecule has 0 unspecified atom stereocenters. The quantitative estimate of drug-likeness (QED) is 0.196. The van der Waals surface area contributed by atoms with Gasteiger partial charge in [0.25, 0.3) is 0 Å². The summed E-state index contributed by atoms with van der Waals surface area (Å²) in [5.74, 6) is 0.948. The average Bonchev–Trinajstić information content (AvgIpc) is 3.68. The molecule has 3 heterocycles. The summed E-state index contributed by atoms with van der Waals surface area (Å²) in [6, 6.07) is 50.6. The van der Waals surface area contributed by atoms with Gasteiger partial charge in [-0.05, 0) is 70.5 Å². The molecule has 6 aromatic carbocycles.